The van der Waals surface area contributed by atoms with Crippen LogP contribution in [-0.4, -0.2) is 45.5 Å². The lowest BCUT2D eigenvalue weighted by atomic mass is 10.2. The first-order valence-electron chi connectivity index (χ1n) is 7.96. The summed E-state index contributed by atoms with van der Waals surface area (Å²) < 4.78 is 2.58. The van der Waals surface area contributed by atoms with Crippen molar-refractivity contribution < 1.29 is 14.4 Å². The summed E-state index contributed by atoms with van der Waals surface area (Å²) in [6, 6.07) is 7.09. The summed E-state index contributed by atoms with van der Waals surface area (Å²) in [7, 11) is 0. The first-order chi connectivity index (χ1) is 12.0. The monoisotopic (exact) mass is 404 g/mol. The van der Waals surface area contributed by atoms with Crippen molar-refractivity contribution in [1.29, 1.82) is 0 Å². The number of hydrogen-bond donors (Lipinski definition) is 1. The Morgan fingerprint density at radius 1 is 1.16 bits per heavy atom. The van der Waals surface area contributed by atoms with E-state index in [1.807, 2.05) is 18.3 Å². The molecule has 3 amide bonds. The van der Waals surface area contributed by atoms with Gasteiger partial charge in [0.05, 0.1) is 16.4 Å². The molecule has 1 aromatic carbocycles. The van der Waals surface area contributed by atoms with Crippen LogP contribution in [0.2, 0.25) is 0 Å². The van der Waals surface area contributed by atoms with E-state index in [1.54, 1.807) is 23.0 Å². The van der Waals surface area contributed by atoms with Crippen molar-refractivity contribution in [3.63, 3.8) is 0 Å². The molecule has 1 aliphatic heterocycles. The molecule has 3 rings (SSSR count). The number of nitrogens with one attached hydrogen (secondary N) is 1. The van der Waals surface area contributed by atoms with Crippen LogP contribution in [0.15, 0.2) is 41.1 Å². The highest BCUT2D eigenvalue weighted by molar-refractivity contribution is 9.10. The van der Waals surface area contributed by atoms with Crippen molar-refractivity contribution in [3.05, 3.63) is 46.7 Å². The molecule has 0 saturated carbocycles. The van der Waals surface area contributed by atoms with Gasteiger partial charge in [0.25, 0.3) is 5.91 Å². The number of likely N-dealkylation sites (tertiary alicyclic amines) is 1. The van der Waals surface area contributed by atoms with Crippen molar-refractivity contribution in [2.45, 2.75) is 19.3 Å². The van der Waals surface area contributed by atoms with Gasteiger partial charge < -0.3 is 5.32 Å². The lowest BCUT2D eigenvalue weighted by molar-refractivity contribution is -0.138. The first-order valence-corrected chi connectivity index (χ1v) is 8.76. The fraction of sp³-hybridized carbons (Fsp3) is 0.294. The normalized spacial score (nSPS) is 14.2. The Morgan fingerprint density at radius 3 is 2.44 bits per heavy atom. The van der Waals surface area contributed by atoms with Gasteiger partial charge in [0.1, 0.15) is 0 Å². The van der Waals surface area contributed by atoms with Crippen LogP contribution in [0.3, 0.4) is 0 Å². The minimum absolute atomic E-state index is 0.128. The minimum atomic E-state index is -0.188. The summed E-state index contributed by atoms with van der Waals surface area (Å²) in [5.74, 6) is -0.443. The predicted octanol–water partition coefficient (Wildman–Crippen LogP) is 1.90. The molecule has 25 heavy (non-hydrogen) atoms. The Balaban J connectivity index is 1.48. The Kier molecular flexibility index (Phi) is 5.28. The number of imide groups is 1. The number of rotatable bonds is 6. The second kappa shape index (κ2) is 7.60. The molecule has 1 aliphatic rings. The zero-order valence-electron chi connectivity index (χ0n) is 13.4. The largest absolute Gasteiger partial charge is 0.352 e. The van der Waals surface area contributed by atoms with E-state index in [0.717, 1.165) is 10.2 Å². The standard InChI is InChI=1S/C17H17BrN4O3/c18-13-10-20-22(11-13)14-4-2-12(3-5-14)17(25)19-8-1-9-21-15(23)6-7-16(21)24/h2-5,10-11H,1,6-9H2,(H,19,25). The number of nitrogens with zero attached hydrogens (tertiary/aromatic N) is 3. The smallest absolute Gasteiger partial charge is 0.251 e. The van der Waals surface area contributed by atoms with Crippen LogP contribution in [0.5, 0.6) is 0 Å². The lowest BCUT2D eigenvalue weighted by Crippen LogP contribution is -2.33. The molecule has 2 heterocycles. The van der Waals surface area contributed by atoms with Gasteiger partial charge in [-0.3, -0.25) is 19.3 Å². The zero-order chi connectivity index (χ0) is 17.8. The number of hydrogen-bond acceptors (Lipinski definition) is 4. The summed E-state index contributed by atoms with van der Waals surface area (Å²) in [6.07, 6.45) is 4.66. The molecule has 0 bridgehead atoms. The summed E-state index contributed by atoms with van der Waals surface area (Å²) in [4.78, 5) is 36.4. The molecule has 7 nitrogen and oxygen atoms in total. The molecule has 8 heteroatoms. The van der Waals surface area contributed by atoms with Gasteiger partial charge >= 0.3 is 0 Å². The Hall–Kier alpha value is -2.48. The molecular weight excluding hydrogens is 388 g/mol. The Morgan fingerprint density at radius 2 is 1.84 bits per heavy atom. The third-order valence-electron chi connectivity index (χ3n) is 3.94. The van der Waals surface area contributed by atoms with Crippen LogP contribution in [0, 0.1) is 0 Å². The number of halogens is 1. The number of amides is 3. The van der Waals surface area contributed by atoms with Crippen molar-refractivity contribution in [2.75, 3.05) is 13.1 Å². The number of aromatic nitrogens is 2. The maximum atomic E-state index is 12.1. The quantitative estimate of drug-likeness (QED) is 0.588. The second-order valence-corrected chi connectivity index (χ2v) is 6.61. The average Bonchev–Trinajstić information content (AvgIpc) is 3.18. The first kappa shape index (κ1) is 17.3. The molecule has 0 aliphatic carbocycles. The van der Waals surface area contributed by atoms with E-state index in [1.165, 1.54) is 4.90 Å². The molecule has 1 fully saturated rings. The molecule has 0 spiro atoms. The topological polar surface area (TPSA) is 84.3 Å². The van der Waals surface area contributed by atoms with Crippen molar-refractivity contribution in [3.8, 4) is 5.69 Å². The van der Waals surface area contributed by atoms with E-state index < -0.39 is 0 Å². The Bertz CT molecular complexity index is 784. The van der Waals surface area contributed by atoms with E-state index >= 15 is 0 Å². The highest BCUT2D eigenvalue weighted by Gasteiger charge is 2.27. The van der Waals surface area contributed by atoms with Crippen LogP contribution in [0.4, 0.5) is 0 Å². The third-order valence-corrected chi connectivity index (χ3v) is 4.35. The molecule has 0 atom stereocenters. The molecule has 0 radical (unpaired) electrons. The number of carbonyl (C=O) groups is 3. The minimum Gasteiger partial charge on any atom is -0.352 e. The lowest BCUT2D eigenvalue weighted by Gasteiger charge is -2.13. The van der Waals surface area contributed by atoms with E-state index in [9.17, 15) is 14.4 Å². The van der Waals surface area contributed by atoms with E-state index in [4.69, 9.17) is 0 Å². The van der Waals surface area contributed by atoms with Crippen LogP contribution < -0.4 is 5.32 Å². The van der Waals surface area contributed by atoms with Gasteiger partial charge in [0.15, 0.2) is 0 Å². The predicted molar refractivity (Wildman–Crippen MR) is 94.2 cm³/mol. The molecule has 1 N–H and O–H groups in total. The summed E-state index contributed by atoms with van der Waals surface area (Å²) >= 11 is 3.34. The van der Waals surface area contributed by atoms with Gasteiger partial charge in [-0.2, -0.15) is 5.10 Å². The Labute approximate surface area is 153 Å². The van der Waals surface area contributed by atoms with Crippen LogP contribution in [0.25, 0.3) is 5.69 Å². The van der Waals surface area contributed by atoms with Crippen LogP contribution in [0.1, 0.15) is 29.6 Å². The molecule has 1 aromatic heterocycles. The number of carbonyl (C=O) groups excluding carboxylic acids is 3. The second-order valence-electron chi connectivity index (χ2n) is 5.70. The van der Waals surface area contributed by atoms with Crippen molar-refractivity contribution in [1.82, 2.24) is 20.0 Å². The van der Waals surface area contributed by atoms with Gasteiger partial charge in [-0.05, 0) is 46.6 Å². The third kappa shape index (κ3) is 4.14. The maximum absolute atomic E-state index is 12.1. The fourth-order valence-electron chi connectivity index (χ4n) is 2.62. The van der Waals surface area contributed by atoms with E-state index in [2.05, 4.69) is 26.3 Å². The fourth-order valence-corrected chi connectivity index (χ4v) is 2.91. The highest BCUT2D eigenvalue weighted by atomic mass is 79.9. The highest BCUT2D eigenvalue weighted by Crippen LogP contribution is 2.14. The SMILES string of the molecule is O=C(NCCCN1C(=O)CCC1=O)c1ccc(-n2cc(Br)cn2)cc1. The summed E-state index contributed by atoms with van der Waals surface area (Å²) in [5.41, 5.74) is 1.40. The van der Waals surface area contributed by atoms with Gasteiger partial charge in [-0.1, -0.05) is 0 Å². The van der Waals surface area contributed by atoms with Crippen molar-refractivity contribution >= 4 is 33.7 Å². The van der Waals surface area contributed by atoms with E-state index in [0.29, 0.717) is 37.9 Å². The van der Waals surface area contributed by atoms with Gasteiger partial charge in [0.2, 0.25) is 11.8 Å². The van der Waals surface area contributed by atoms with Gasteiger partial charge in [-0.25, -0.2) is 4.68 Å². The molecular formula is C17H17BrN4O3. The average molecular weight is 405 g/mol. The van der Waals surface area contributed by atoms with E-state index in [-0.39, 0.29) is 17.7 Å². The zero-order valence-corrected chi connectivity index (χ0v) is 15.0. The summed E-state index contributed by atoms with van der Waals surface area (Å²) in [6.45, 7) is 0.759. The number of benzene rings is 1. The van der Waals surface area contributed by atoms with Crippen molar-refractivity contribution in [2.24, 2.45) is 0 Å². The molecule has 1 saturated heterocycles. The molecule has 2 aromatic rings. The molecule has 0 unspecified atom stereocenters. The van der Waals surface area contributed by atoms with Gasteiger partial charge in [-0.15, -0.1) is 0 Å². The van der Waals surface area contributed by atoms with Gasteiger partial charge in [0, 0.05) is 37.7 Å². The van der Waals surface area contributed by atoms with Crippen LogP contribution in [-0.2, 0) is 9.59 Å². The van der Waals surface area contributed by atoms with Crippen LogP contribution >= 0.6 is 15.9 Å². The molecule has 130 valence electrons. The maximum Gasteiger partial charge on any atom is 0.251 e. The summed E-state index contributed by atoms with van der Waals surface area (Å²) in [5, 5.41) is 6.98.